The number of hydrogen-bond donors (Lipinski definition) is 0. The third-order valence-corrected chi connectivity index (χ3v) is 4.43. The quantitative estimate of drug-likeness (QED) is 0.599. The lowest BCUT2D eigenvalue weighted by atomic mass is 9.85. The molecule has 116 valence electrons. The standard InChI is InChI=1S/C17H25ClN2O/c1-11-8-6-7-9-13(11)10-21-15-12(2)14(18)19-16(20-15)17(3,4)5/h6-7,11,13H,8-10H2,1-5H3. The van der Waals surface area contributed by atoms with Gasteiger partial charge in [-0.1, -0.05) is 51.4 Å². The van der Waals surface area contributed by atoms with Gasteiger partial charge in [-0.25, -0.2) is 4.98 Å². The van der Waals surface area contributed by atoms with Gasteiger partial charge in [-0.3, -0.25) is 0 Å². The Morgan fingerprint density at radius 3 is 2.52 bits per heavy atom. The summed E-state index contributed by atoms with van der Waals surface area (Å²) in [5, 5.41) is 0.488. The summed E-state index contributed by atoms with van der Waals surface area (Å²) < 4.78 is 5.99. The molecule has 2 rings (SSSR count). The zero-order valence-corrected chi connectivity index (χ0v) is 14.4. The molecule has 0 radical (unpaired) electrons. The number of ether oxygens (including phenoxy) is 1. The van der Waals surface area contributed by atoms with Crippen molar-refractivity contribution in [2.45, 2.75) is 52.9 Å². The smallest absolute Gasteiger partial charge is 0.221 e. The van der Waals surface area contributed by atoms with Gasteiger partial charge in [0, 0.05) is 11.0 Å². The predicted octanol–water partition coefficient (Wildman–Crippen LogP) is 4.72. The van der Waals surface area contributed by atoms with Gasteiger partial charge in [0.1, 0.15) is 11.0 Å². The average molecular weight is 309 g/mol. The van der Waals surface area contributed by atoms with Crippen molar-refractivity contribution in [3.05, 3.63) is 28.7 Å². The molecular weight excluding hydrogens is 284 g/mol. The summed E-state index contributed by atoms with van der Waals surface area (Å²) in [7, 11) is 0. The minimum Gasteiger partial charge on any atom is -0.477 e. The number of aromatic nitrogens is 2. The van der Waals surface area contributed by atoms with Gasteiger partial charge >= 0.3 is 0 Å². The summed E-state index contributed by atoms with van der Waals surface area (Å²) in [5.74, 6) is 2.54. The van der Waals surface area contributed by atoms with Crippen LogP contribution in [0.5, 0.6) is 5.88 Å². The fraction of sp³-hybridized carbons (Fsp3) is 0.647. The molecule has 0 aromatic carbocycles. The second-order valence-electron chi connectivity index (χ2n) is 7.01. The van der Waals surface area contributed by atoms with Gasteiger partial charge in [-0.15, -0.1) is 0 Å². The van der Waals surface area contributed by atoms with Crippen LogP contribution in [0, 0.1) is 18.8 Å². The second kappa shape index (κ2) is 6.35. The van der Waals surface area contributed by atoms with Crippen molar-refractivity contribution >= 4 is 11.6 Å². The number of hydrogen-bond acceptors (Lipinski definition) is 3. The Hall–Kier alpha value is -1.09. The van der Waals surface area contributed by atoms with Gasteiger partial charge in [0.05, 0.1) is 6.61 Å². The third kappa shape index (κ3) is 3.97. The van der Waals surface area contributed by atoms with E-state index in [0.717, 1.165) is 24.2 Å². The number of nitrogens with zero attached hydrogens (tertiary/aromatic N) is 2. The van der Waals surface area contributed by atoms with Crippen LogP contribution >= 0.6 is 11.6 Å². The molecule has 2 atom stereocenters. The highest BCUT2D eigenvalue weighted by Gasteiger charge is 2.23. The van der Waals surface area contributed by atoms with Crippen molar-refractivity contribution in [1.29, 1.82) is 0 Å². The molecule has 0 fully saturated rings. The minimum absolute atomic E-state index is 0.143. The van der Waals surface area contributed by atoms with Gasteiger partial charge in [-0.05, 0) is 31.6 Å². The second-order valence-corrected chi connectivity index (χ2v) is 7.37. The van der Waals surface area contributed by atoms with E-state index in [1.165, 1.54) is 0 Å². The molecule has 0 spiro atoms. The van der Waals surface area contributed by atoms with Crippen LogP contribution in [0.1, 0.15) is 51.9 Å². The van der Waals surface area contributed by atoms with Crippen molar-refractivity contribution in [3.8, 4) is 5.88 Å². The van der Waals surface area contributed by atoms with Crippen molar-refractivity contribution in [2.75, 3.05) is 6.61 Å². The van der Waals surface area contributed by atoms with Crippen molar-refractivity contribution < 1.29 is 4.74 Å². The highest BCUT2D eigenvalue weighted by molar-refractivity contribution is 6.30. The van der Waals surface area contributed by atoms with E-state index in [0.29, 0.717) is 29.5 Å². The molecule has 21 heavy (non-hydrogen) atoms. The fourth-order valence-electron chi connectivity index (χ4n) is 2.37. The largest absolute Gasteiger partial charge is 0.477 e. The lowest BCUT2D eigenvalue weighted by Crippen LogP contribution is -2.23. The summed E-state index contributed by atoms with van der Waals surface area (Å²) in [6, 6.07) is 0. The van der Waals surface area contributed by atoms with Gasteiger partial charge in [-0.2, -0.15) is 4.98 Å². The molecule has 0 saturated heterocycles. The zero-order chi connectivity index (χ0) is 15.6. The van der Waals surface area contributed by atoms with E-state index in [9.17, 15) is 0 Å². The molecule has 1 heterocycles. The summed E-state index contributed by atoms with van der Waals surface area (Å²) in [5.41, 5.74) is 0.680. The maximum Gasteiger partial charge on any atom is 0.221 e. The Morgan fingerprint density at radius 2 is 1.90 bits per heavy atom. The molecule has 4 heteroatoms. The van der Waals surface area contributed by atoms with Crippen LogP contribution in [0.4, 0.5) is 0 Å². The lowest BCUT2D eigenvalue weighted by molar-refractivity contribution is 0.190. The molecule has 0 amide bonds. The SMILES string of the molecule is Cc1c(Cl)nc(C(C)(C)C)nc1OCC1CC=CCC1C. The monoisotopic (exact) mass is 308 g/mol. The zero-order valence-electron chi connectivity index (χ0n) is 13.6. The van der Waals surface area contributed by atoms with E-state index in [-0.39, 0.29) is 5.41 Å². The molecule has 1 aromatic heterocycles. The fourth-order valence-corrected chi connectivity index (χ4v) is 2.53. The molecule has 1 aromatic rings. The van der Waals surface area contributed by atoms with Gasteiger partial charge in [0.25, 0.3) is 0 Å². The molecule has 1 aliphatic rings. The number of rotatable bonds is 3. The first-order valence-corrected chi connectivity index (χ1v) is 7.99. The van der Waals surface area contributed by atoms with E-state index in [4.69, 9.17) is 16.3 Å². The summed E-state index contributed by atoms with van der Waals surface area (Å²) >= 11 is 6.23. The van der Waals surface area contributed by atoms with Gasteiger partial charge in [0.2, 0.25) is 5.88 Å². The van der Waals surface area contributed by atoms with E-state index >= 15 is 0 Å². The van der Waals surface area contributed by atoms with Crippen LogP contribution in [0.3, 0.4) is 0 Å². The average Bonchev–Trinajstić information content (AvgIpc) is 2.40. The molecule has 0 bridgehead atoms. The normalized spacial score (nSPS) is 22.4. The van der Waals surface area contributed by atoms with Crippen LogP contribution in [0.25, 0.3) is 0 Å². The maximum absolute atomic E-state index is 6.23. The molecule has 1 aliphatic carbocycles. The van der Waals surface area contributed by atoms with Crippen LogP contribution in [-0.2, 0) is 5.41 Å². The highest BCUT2D eigenvalue weighted by Crippen LogP contribution is 2.30. The minimum atomic E-state index is -0.143. The summed E-state index contributed by atoms with van der Waals surface area (Å²) in [4.78, 5) is 8.96. The summed E-state index contributed by atoms with van der Waals surface area (Å²) in [6.45, 7) is 11.1. The Bertz CT molecular complexity index is 534. The number of halogens is 1. The number of allylic oxidation sites excluding steroid dienone is 2. The van der Waals surface area contributed by atoms with E-state index in [1.807, 2.05) is 6.92 Å². The molecule has 3 nitrogen and oxygen atoms in total. The summed E-state index contributed by atoms with van der Waals surface area (Å²) in [6.07, 6.45) is 6.70. The molecule has 0 N–H and O–H groups in total. The third-order valence-electron chi connectivity index (χ3n) is 4.06. The van der Waals surface area contributed by atoms with Gasteiger partial charge in [0.15, 0.2) is 0 Å². The van der Waals surface area contributed by atoms with Crippen LogP contribution in [-0.4, -0.2) is 16.6 Å². The maximum atomic E-state index is 6.23. The first-order valence-electron chi connectivity index (χ1n) is 7.61. The highest BCUT2D eigenvalue weighted by atomic mass is 35.5. The van der Waals surface area contributed by atoms with E-state index < -0.39 is 0 Å². The molecule has 2 unspecified atom stereocenters. The van der Waals surface area contributed by atoms with Crippen molar-refractivity contribution in [2.24, 2.45) is 11.8 Å². The van der Waals surface area contributed by atoms with Crippen LogP contribution in [0.2, 0.25) is 5.15 Å². The first-order chi connectivity index (χ1) is 9.79. The molecule has 0 aliphatic heterocycles. The van der Waals surface area contributed by atoms with E-state index in [2.05, 4.69) is 49.8 Å². The Balaban J connectivity index is 2.16. The topological polar surface area (TPSA) is 35.0 Å². The Kier molecular flexibility index (Phi) is 4.92. The van der Waals surface area contributed by atoms with E-state index in [1.54, 1.807) is 0 Å². The Morgan fingerprint density at radius 1 is 1.24 bits per heavy atom. The molecule has 0 saturated carbocycles. The molecular formula is C17H25ClN2O. The van der Waals surface area contributed by atoms with Crippen LogP contribution < -0.4 is 4.74 Å². The first kappa shape index (κ1) is 16.3. The Labute approximate surface area is 132 Å². The van der Waals surface area contributed by atoms with Crippen molar-refractivity contribution in [1.82, 2.24) is 9.97 Å². The van der Waals surface area contributed by atoms with Crippen molar-refractivity contribution in [3.63, 3.8) is 0 Å². The van der Waals surface area contributed by atoms with Crippen LogP contribution in [0.15, 0.2) is 12.2 Å². The lowest BCUT2D eigenvalue weighted by Gasteiger charge is -2.26. The predicted molar refractivity (Wildman–Crippen MR) is 87.0 cm³/mol. The van der Waals surface area contributed by atoms with Gasteiger partial charge < -0.3 is 4.74 Å².